The number of ether oxygens (including phenoxy) is 2. The summed E-state index contributed by atoms with van der Waals surface area (Å²) < 4.78 is 10.4. The summed E-state index contributed by atoms with van der Waals surface area (Å²) in [7, 11) is 0. The Balaban J connectivity index is 2.84. The van der Waals surface area contributed by atoms with E-state index in [1.807, 2.05) is 6.92 Å². The number of rotatable bonds is 7. The van der Waals surface area contributed by atoms with Gasteiger partial charge in [0.05, 0.1) is 16.9 Å². The Hall–Kier alpha value is -2.11. The largest absolute Gasteiger partial charge is 0.487 e. The first-order valence-corrected chi connectivity index (χ1v) is 6.89. The first-order chi connectivity index (χ1) is 9.81. The second-order valence-corrected chi connectivity index (χ2v) is 5.31. The molecule has 0 fully saturated rings. The van der Waals surface area contributed by atoms with Crippen molar-refractivity contribution in [2.75, 3.05) is 6.61 Å². The summed E-state index contributed by atoms with van der Waals surface area (Å²) in [6, 6.07) is 4.55. The Kier molecular flexibility index (Phi) is 5.69. The van der Waals surface area contributed by atoms with Crippen LogP contribution in [0.5, 0.6) is 5.75 Å². The molecule has 0 heterocycles. The highest BCUT2D eigenvalue weighted by molar-refractivity contribution is 5.75. The molecule has 0 spiro atoms. The van der Waals surface area contributed by atoms with Crippen molar-refractivity contribution in [3.8, 4) is 5.75 Å². The second kappa shape index (κ2) is 7.06. The van der Waals surface area contributed by atoms with E-state index in [0.29, 0.717) is 18.6 Å². The standard InChI is InChI=1S/C15H21NO5/c1-5-15(3,4)14(17)21-10-11-7-8-13(20-6-2)12(9-11)16(18)19/h7-9H,5-6,10H2,1-4H3. The molecule has 0 aliphatic rings. The topological polar surface area (TPSA) is 78.7 Å². The van der Waals surface area contributed by atoms with Gasteiger partial charge >= 0.3 is 11.7 Å². The number of esters is 1. The van der Waals surface area contributed by atoms with Gasteiger partial charge in [-0.3, -0.25) is 14.9 Å². The minimum absolute atomic E-state index is 0.00943. The molecule has 0 radical (unpaired) electrons. The Morgan fingerprint density at radius 3 is 2.52 bits per heavy atom. The van der Waals surface area contributed by atoms with Crippen LogP contribution in [0.25, 0.3) is 0 Å². The molecule has 0 unspecified atom stereocenters. The van der Waals surface area contributed by atoms with Crippen molar-refractivity contribution in [3.05, 3.63) is 33.9 Å². The first-order valence-electron chi connectivity index (χ1n) is 6.89. The zero-order chi connectivity index (χ0) is 16.0. The van der Waals surface area contributed by atoms with Crippen LogP contribution in [0.1, 0.15) is 39.7 Å². The number of hydrogen-bond acceptors (Lipinski definition) is 5. The number of nitrogens with zero attached hydrogens (tertiary/aromatic N) is 1. The van der Waals surface area contributed by atoms with Crippen LogP contribution in [0.4, 0.5) is 5.69 Å². The van der Waals surface area contributed by atoms with Gasteiger partial charge < -0.3 is 9.47 Å². The Labute approximate surface area is 124 Å². The second-order valence-electron chi connectivity index (χ2n) is 5.31. The third-order valence-corrected chi connectivity index (χ3v) is 3.33. The Bertz CT molecular complexity index is 525. The van der Waals surface area contributed by atoms with E-state index < -0.39 is 10.3 Å². The van der Waals surface area contributed by atoms with Crippen molar-refractivity contribution in [1.82, 2.24) is 0 Å². The lowest BCUT2D eigenvalue weighted by Crippen LogP contribution is -2.25. The predicted molar refractivity (Wildman–Crippen MR) is 78.1 cm³/mol. The number of carbonyl (C=O) groups is 1. The van der Waals surface area contributed by atoms with Gasteiger partial charge in [-0.15, -0.1) is 0 Å². The van der Waals surface area contributed by atoms with Crippen LogP contribution in [0.3, 0.4) is 0 Å². The van der Waals surface area contributed by atoms with E-state index in [-0.39, 0.29) is 24.0 Å². The van der Waals surface area contributed by atoms with Crippen LogP contribution in [-0.2, 0) is 16.1 Å². The SMILES string of the molecule is CCOc1ccc(COC(=O)C(C)(C)CC)cc1[N+](=O)[O-]. The van der Waals surface area contributed by atoms with Gasteiger partial charge in [0.25, 0.3) is 0 Å². The number of nitro benzene ring substituents is 1. The van der Waals surface area contributed by atoms with Crippen LogP contribution in [-0.4, -0.2) is 17.5 Å². The average Bonchev–Trinajstić information content (AvgIpc) is 2.45. The van der Waals surface area contributed by atoms with Crippen LogP contribution in [0.2, 0.25) is 0 Å². The van der Waals surface area contributed by atoms with E-state index in [1.54, 1.807) is 26.8 Å². The van der Waals surface area contributed by atoms with Crippen molar-refractivity contribution >= 4 is 11.7 Å². The summed E-state index contributed by atoms with van der Waals surface area (Å²) in [5, 5.41) is 11.0. The van der Waals surface area contributed by atoms with Gasteiger partial charge in [-0.1, -0.05) is 13.0 Å². The first kappa shape index (κ1) is 16.9. The maximum Gasteiger partial charge on any atom is 0.311 e. The molecule has 116 valence electrons. The zero-order valence-corrected chi connectivity index (χ0v) is 12.8. The Morgan fingerprint density at radius 1 is 1.33 bits per heavy atom. The maximum atomic E-state index is 11.9. The fourth-order valence-electron chi connectivity index (χ4n) is 1.56. The van der Waals surface area contributed by atoms with E-state index in [9.17, 15) is 14.9 Å². The molecule has 0 saturated carbocycles. The molecule has 21 heavy (non-hydrogen) atoms. The zero-order valence-electron chi connectivity index (χ0n) is 12.8. The number of nitro groups is 1. The molecule has 6 heteroatoms. The molecule has 1 rings (SSSR count). The lowest BCUT2D eigenvalue weighted by atomic mass is 9.91. The molecule has 0 bridgehead atoms. The number of carbonyl (C=O) groups excluding carboxylic acids is 1. The summed E-state index contributed by atoms with van der Waals surface area (Å²) in [4.78, 5) is 22.4. The molecule has 0 aliphatic carbocycles. The van der Waals surface area contributed by atoms with Gasteiger partial charge in [0, 0.05) is 6.07 Å². The Morgan fingerprint density at radius 2 is 2.00 bits per heavy atom. The van der Waals surface area contributed by atoms with E-state index >= 15 is 0 Å². The van der Waals surface area contributed by atoms with Crippen molar-refractivity contribution in [2.24, 2.45) is 5.41 Å². The molecule has 1 aromatic carbocycles. The third kappa shape index (κ3) is 4.44. The number of benzene rings is 1. The predicted octanol–water partition coefficient (Wildman–Crippen LogP) is 3.47. The van der Waals surface area contributed by atoms with Crippen LogP contribution >= 0.6 is 0 Å². The smallest absolute Gasteiger partial charge is 0.311 e. The van der Waals surface area contributed by atoms with Crippen molar-refractivity contribution in [1.29, 1.82) is 0 Å². The lowest BCUT2D eigenvalue weighted by molar-refractivity contribution is -0.385. The molecule has 1 aromatic rings. The van der Waals surface area contributed by atoms with Crippen molar-refractivity contribution in [3.63, 3.8) is 0 Å². The molecule has 6 nitrogen and oxygen atoms in total. The molecule has 0 aliphatic heterocycles. The molecule has 0 saturated heterocycles. The maximum absolute atomic E-state index is 11.9. The van der Waals surface area contributed by atoms with Crippen molar-refractivity contribution < 1.29 is 19.2 Å². The summed E-state index contributed by atoms with van der Waals surface area (Å²) >= 11 is 0. The minimum atomic E-state index is -0.558. The van der Waals surface area contributed by atoms with Crippen LogP contribution in [0.15, 0.2) is 18.2 Å². The highest BCUT2D eigenvalue weighted by Crippen LogP contribution is 2.29. The molecule has 0 atom stereocenters. The van der Waals surface area contributed by atoms with Gasteiger partial charge in [0.1, 0.15) is 6.61 Å². The van der Waals surface area contributed by atoms with E-state index in [4.69, 9.17) is 9.47 Å². The van der Waals surface area contributed by atoms with Crippen LogP contribution in [0, 0.1) is 15.5 Å². The van der Waals surface area contributed by atoms with Crippen molar-refractivity contribution in [2.45, 2.75) is 40.7 Å². The fourth-order valence-corrected chi connectivity index (χ4v) is 1.56. The minimum Gasteiger partial charge on any atom is -0.487 e. The molecule has 0 N–H and O–H groups in total. The van der Waals surface area contributed by atoms with Gasteiger partial charge in [-0.05, 0) is 38.8 Å². The molecule has 0 amide bonds. The van der Waals surface area contributed by atoms with Gasteiger partial charge in [-0.2, -0.15) is 0 Å². The number of hydrogen-bond donors (Lipinski definition) is 0. The molecule has 0 aromatic heterocycles. The third-order valence-electron chi connectivity index (χ3n) is 3.33. The summed E-state index contributed by atoms with van der Waals surface area (Å²) in [6.45, 7) is 7.62. The van der Waals surface area contributed by atoms with E-state index in [2.05, 4.69) is 0 Å². The monoisotopic (exact) mass is 295 g/mol. The summed E-state index contributed by atoms with van der Waals surface area (Å²) in [6.07, 6.45) is 0.662. The lowest BCUT2D eigenvalue weighted by Gasteiger charge is -2.20. The average molecular weight is 295 g/mol. The fraction of sp³-hybridized carbons (Fsp3) is 0.533. The van der Waals surface area contributed by atoms with Gasteiger partial charge in [-0.25, -0.2) is 0 Å². The van der Waals surface area contributed by atoms with Gasteiger partial charge in [0.15, 0.2) is 5.75 Å². The summed E-state index contributed by atoms with van der Waals surface area (Å²) in [5.74, 6) is -0.104. The normalized spacial score (nSPS) is 11.0. The summed E-state index contributed by atoms with van der Waals surface area (Å²) in [5.41, 5.74) is -0.123. The molecular weight excluding hydrogens is 274 g/mol. The highest BCUT2D eigenvalue weighted by atomic mass is 16.6. The quantitative estimate of drug-likeness (QED) is 0.437. The van der Waals surface area contributed by atoms with E-state index in [1.165, 1.54) is 12.1 Å². The van der Waals surface area contributed by atoms with Gasteiger partial charge in [0.2, 0.25) is 0 Å². The van der Waals surface area contributed by atoms with E-state index in [0.717, 1.165) is 0 Å². The van der Waals surface area contributed by atoms with Crippen LogP contribution < -0.4 is 4.74 Å². The highest BCUT2D eigenvalue weighted by Gasteiger charge is 2.27. The molecular formula is C15H21NO5.